The van der Waals surface area contributed by atoms with Crippen molar-refractivity contribution in [2.45, 2.75) is 13.0 Å². The van der Waals surface area contributed by atoms with Gasteiger partial charge in [0.25, 0.3) is 0 Å². The molecule has 0 radical (unpaired) electrons. The predicted molar refractivity (Wildman–Crippen MR) is 73.3 cm³/mol. The van der Waals surface area contributed by atoms with Crippen LogP contribution in [0.5, 0.6) is 0 Å². The highest BCUT2D eigenvalue weighted by atomic mass is 127. The van der Waals surface area contributed by atoms with Gasteiger partial charge in [0.05, 0.1) is 22.7 Å². The van der Waals surface area contributed by atoms with Crippen molar-refractivity contribution in [3.05, 3.63) is 21.3 Å². The number of nitriles is 1. The van der Waals surface area contributed by atoms with Crippen LogP contribution in [-0.2, 0) is 6.54 Å². The lowest BCUT2D eigenvalue weighted by Crippen LogP contribution is -2.05. The average molecular weight is 342 g/mol. The molecule has 1 aromatic heterocycles. The SMILES string of the molecule is N#Cc1cc(I)c2c(c1)nc(N)n2CCCO. The first-order valence-electron chi connectivity index (χ1n) is 5.13. The third kappa shape index (κ3) is 2.21. The molecule has 17 heavy (non-hydrogen) atoms. The van der Waals surface area contributed by atoms with Crippen LogP contribution in [0.2, 0.25) is 0 Å². The van der Waals surface area contributed by atoms with Crippen LogP contribution in [0, 0.1) is 14.9 Å². The molecule has 0 spiro atoms. The van der Waals surface area contributed by atoms with Crippen LogP contribution >= 0.6 is 22.6 Å². The number of hydrogen-bond donors (Lipinski definition) is 2. The highest BCUT2D eigenvalue weighted by Gasteiger charge is 2.12. The number of nitrogen functional groups attached to an aromatic ring is 1. The fourth-order valence-electron chi connectivity index (χ4n) is 1.76. The number of aliphatic hydroxyl groups is 1. The number of aromatic nitrogens is 2. The number of anilines is 1. The second-order valence-electron chi connectivity index (χ2n) is 3.64. The van der Waals surface area contributed by atoms with Crippen LogP contribution in [0.3, 0.4) is 0 Å². The summed E-state index contributed by atoms with van der Waals surface area (Å²) in [5.41, 5.74) is 8.07. The lowest BCUT2D eigenvalue weighted by Gasteiger charge is -2.06. The molecule has 1 aromatic carbocycles. The van der Waals surface area contributed by atoms with Gasteiger partial charge in [0.2, 0.25) is 5.95 Å². The fraction of sp³-hybridized carbons (Fsp3) is 0.273. The summed E-state index contributed by atoms with van der Waals surface area (Å²) in [6.07, 6.45) is 0.631. The lowest BCUT2D eigenvalue weighted by atomic mass is 10.2. The number of hydrogen-bond acceptors (Lipinski definition) is 4. The van der Waals surface area contributed by atoms with E-state index in [1.165, 1.54) is 0 Å². The van der Waals surface area contributed by atoms with Gasteiger partial charge < -0.3 is 15.4 Å². The molecule has 0 fully saturated rings. The Kier molecular flexibility index (Phi) is 3.49. The van der Waals surface area contributed by atoms with E-state index in [0.717, 1.165) is 14.6 Å². The van der Waals surface area contributed by atoms with E-state index >= 15 is 0 Å². The van der Waals surface area contributed by atoms with E-state index in [9.17, 15) is 0 Å². The summed E-state index contributed by atoms with van der Waals surface area (Å²) in [6.45, 7) is 0.743. The number of benzene rings is 1. The van der Waals surface area contributed by atoms with E-state index in [2.05, 4.69) is 33.6 Å². The second kappa shape index (κ2) is 4.89. The lowest BCUT2D eigenvalue weighted by molar-refractivity contribution is 0.281. The van der Waals surface area contributed by atoms with Gasteiger partial charge in [-0.15, -0.1) is 0 Å². The molecule has 0 saturated heterocycles. The molecular formula is C11H11IN4O. The van der Waals surface area contributed by atoms with E-state index in [-0.39, 0.29) is 6.61 Å². The number of halogens is 1. The Morgan fingerprint density at radius 1 is 1.53 bits per heavy atom. The minimum Gasteiger partial charge on any atom is -0.396 e. The maximum Gasteiger partial charge on any atom is 0.201 e. The Morgan fingerprint density at radius 2 is 2.29 bits per heavy atom. The van der Waals surface area contributed by atoms with Crippen LogP contribution in [0.4, 0.5) is 5.95 Å². The summed E-state index contributed by atoms with van der Waals surface area (Å²) in [6, 6.07) is 5.63. The third-order valence-corrected chi connectivity index (χ3v) is 3.32. The monoisotopic (exact) mass is 342 g/mol. The summed E-state index contributed by atoms with van der Waals surface area (Å²) in [5, 5.41) is 17.7. The average Bonchev–Trinajstić information content (AvgIpc) is 2.62. The van der Waals surface area contributed by atoms with Gasteiger partial charge in [-0.3, -0.25) is 0 Å². The van der Waals surface area contributed by atoms with Crippen molar-refractivity contribution < 1.29 is 5.11 Å². The molecule has 0 bridgehead atoms. The van der Waals surface area contributed by atoms with E-state index in [1.807, 2.05) is 4.57 Å². The van der Waals surface area contributed by atoms with Gasteiger partial charge in [-0.25, -0.2) is 4.98 Å². The largest absolute Gasteiger partial charge is 0.396 e. The van der Waals surface area contributed by atoms with Crippen molar-refractivity contribution in [2.75, 3.05) is 12.3 Å². The highest BCUT2D eigenvalue weighted by molar-refractivity contribution is 14.1. The van der Waals surface area contributed by atoms with E-state index in [0.29, 0.717) is 24.5 Å². The highest BCUT2D eigenvalue weighted by Crippen LogP contribution is 2.25. The Morgan fingerprint density at radius 3 is 2.94 bits per heavy atom. The zero-order valence-electron chi connectivity index (χ0n) is 9.02. The van der Waals surface area contributed by atoms with Crippen molar-refractivity contribution in [3.8, 4) is 6.07 Å². The molecule has 0 aliphatic carbocycles. The molecule has 6 heteroatoms. The van der Waals surface area contributed by atoms with Crippen molar-refractivity contribution in [3.63, 3.8) is 0 Å². The molecule has 3 N–H and O–H groups in total. The Bertz CT molecular complexity index is 600. The molecule has 2 aromatic rings. The van der Waals surface area contributed by atoms with E-state index < -0.39 is 0 Å². The molecule has 0 aliphatic heterocycles. The number of rotatable bonds is 3. The zero-order valence-corrected chi connectivity index (χ0v) is 11.2. The number of aryl methyl sites for hydroxylation is 1. The third-order valence-electron chi connectivity index (χ3n) is 2.49. The van der Waals surface area contributed by atoms with E-state index in [4.69, 9.17) is 16.1 Å². The van der Waals surface area contributed by atoms with E-state index in [1.54, 1.807) is 12.1 Å². The summed E-state index contributed by atoms with van der Waals surface area (Å²) in [5.74, 6) is 0.418. The number of aliphatic hydroxyl groups excluding tert-OH is 1. The number of fused-ring (bicyclic) bond motifs is 1. The minimum absolute atomic E-state index is 0.117. The van der Waals surface area contributed by atoms with Gasteiger partial charge in [-0.05, 0) is 41.1 Å². The molecule has 0 saturated carbocycles. The maximum absolute atomic E-state index is 8.89. The van der Waals surface area contributed by atoms with Crippen LogP contribution in [0.1, 0.15) is 12.0 Å². The van der Waals surface area contributed by atoms with Crippen molar-refractivity contribution in [1.29, 1.82) is 5.26 Å². The van der Waals surface area contributed by atoms with Gasteiger partial charge in [-0.1, -0.05) is 0 Å². The van der Waals surface area contributed by atoms with Crippen LogP contribution in [-0.4, -0.2) is 21.3 Å². The predicted octanol–water partition coefficient (Wildman–Crippen LogP) is 1.48. The molecule has 88 valence electrons. The van der Waals surface area contributed by atoms with Crippen molar-refractivity contribution >= 4 is 39.6 Å². The Labute approximate surface area is 112 Å². The molecule has 1 heterocycles. The summed E-state index contributed by atoms with van der Waals surface area (Å²) < 4.78 is 2.81. The first kappa shape index (κ1) is 12.1. The first-order chi connectivity index (χ1) is 8.17. The van der Waals surface area contributed by atoms with Gasteiger partial charge in [-0.2, -0.15) is 5.26 Å². The number of nitrogens with zero attached hydrogens (tertiary/aromatic N) is 3. The smallest absolute Gasteiger partial charge is 0.201 e. The van der Waals surface area contributed by atoms with Crippen LogP contribution in [0.15, 0.2) is 12.1 Å². The number of nitrogens with two attached hydrogens (primary N) is 1. The van der Waals surface area contributed by atoms with Gasteiger partial charge in [0.15, 0.2) is 0 Å². The summed E-state index contributed by atoms with van der Waals surface area (Å²) in [7, 11) is 0. The molecule has 0 amide bonds. The maximum atomic E-state index is 8.89. The summed E-state index contributed by atoms with van der Waals surface area (Å²) >= 11 is 2.17. The molecule has 0 unspecified atom stereocenters. The van der Waals surface area contributed by atoms with Crippen molar-refractivity contribution in [2.24, 2.45) is 0 Å². The number of imidazole rings is 1. The first-order valence-corrected chi connectivity index (χ1v) is 6.21. The topological polar surface area (TPSA) is 87.9 Å². The zero-order chi connectivity index (χ0) is 12.4. The molecule has 0 aliphatic rings. The fourth-order valence-corrected chi connectivity index (χ4v) is 2.66. The summed E-state index contributed by atoms with van der Waals surface area (Å²) in [4.78, 5) is 4.24. The van der Waals surface area contributed by atoms with Gasteiger partial charge in [0.1, 0.15) is 0 Å². The molecule has 5 nitrogen and oxygen atoms in total. The quantitative estimate of drug-likeness (QED) is 0.827. The van der Waals surface area contributed by atoms with Gasteiger partial charge in [0, 0.05) is 16.7 Å². The minimum atomic E-state index is 0.117. The molecular weight excluding hydrogens is 331 g/mol. The van der Waals surface area contributed by atoms with Crippen LogP contribution < -0.4 is 5.73 Å². The standard InChI is InChI=1S/C11H11IN4O/c12-8-4-7(6-13)5-9-10(8)16(2-1-3-17)11(14)15-9/h4-5,17H,1-3H2,(H2,14,15). The van der Waals surface area contributed by atoms with Crippen LogP contribution in [0.25, 0.3) is 11.0 Å². The molecule has 2 rings (SSSR count). The molecule has 0 atom stereocenters. The second-order valence-corrected chi connectivity index (χ2v) is 4.80. The van der Waals surface area contributed by atoms with Crippen molar-refractivity contribution in [1.82, 2.24) is 9.55 Å². The normalized spacial score (nSPS) is 10.6. The Hall–Kier alpha value is -1.33. The van der Waals surface area contributed by atoms with Gasteiger partial charge >= 0.3 is 0 Å². The Balaban J connectivity index is 2.61.